The van der Waals surface area contributed by atoms with E-state index in [0.717, 1.165) is 33.8 Å². The van der Waals surface area contributed by atoms with Crippen molar-refractivity contribution >= 4 is 15.7 Å². The first-order chi connectivity index (χ1) is 18.1. The van der Waals surface area contributed by atoms with Crippen LogP contribution in [0, 0.1) is 0 Å². The Morgan fingerprint density at radius 1 is 0.676 bits per heavy atom. The second-order valence-electron chi connectivity index (χ2n) is 8.70. The predicted molar refractivity (Wildman–Crippen MR) is 145 cm³/mol. The first-order valence-corrected chi connectivity index (χ1v) is 13.4. The molecule has 2 heterocycles. The summed E-state index contributed by atoms with van der Waals surface area (Å²) in [6.07, 6.45) is 3.87. The fourth-order valence-corrected chi connectivity index (χ4v) is 5.92. The fourth-order valence-electron chi connectivity index (χ4n) is 4.50. The largest absolute Gasteiger partial charge is 0.304 e. The second kappa shape index (κ2) is 9.54. The molecule has 0 aliphatic carbocycles. The fraction of sp³-hybridized carbons (Fsp3) is 0.0333. The first-order valence-electron chi connectivity index (χ1n) is 11.9. The summed E-state index contributed by atoms with van der Waals surface area (Å²) < 4.78 is 31.0. The maximum absolute atomic E-state index is 13.9. The normalized spacial score (nSPS) is 15.8. The van der Waals surface area contributed by atoms with E-state index in [1.807, 2.05) is 103 Å². The molecule has 1 aromatic heterocycles. The zero-order valence-electron chi connectivity index (χ0n) is 19.8. The van der Waals surface area contributed by atoms with Crippen LogP contribution in [0.5, 0.6) is 0 Å². The van der Waals surface area contributed by atoms with Gasteiger partial charge < -0.3 is 5.43 Å². The number of sulfonamides is 1. The summed E-state index contributed by atoms with van der Waals surface area (Å²) in [5.41, 5.74) is 8.10. The average Bonchev–Trinajstić information content (AvgIpc) is 3.61. The molecule has 1 atom stereocenters. The van der Waals surface area contributed by atoms with E-state index in [0.29, 0.717) is 0 Å². The van der Waals surface area contributed by atoms with Gasteiger partial charge >= 0.3 is 0 Å². The lowest BCUT2D eigenvalue weighted by atomic mass is 10.0. The van der Waals surface area contributed by atoms with Crippen molar-refractivity contribution < 1.29 is 8.42 Å². The van der Waals surface area contributed by atoms with Crippen LogP contribution in [0.1, 0.15) is 17.2 Å². The third-order valence-electron chi connectivity index (χ3n) is 6.32. The van der Waals surface area contributed by atoms with Crippen LogP contribution >= 0.6 is 0 Å². The van der Waals surface area contributed by atoms with Gasteiger partial charge in [-0.15, -0.1) is 4.41 Å². The van der Waals surface area contributed by atoms with Crippen LogP contribution in [-0.4, -0.2) is 22.6 Å². The molecule has 1 aliphatic rings. The highest BCUT2D eigenvalue weighted by Gasteiger charge is 2.39. The minimum atomic E-state index is -3.90. The van der Waals surface area contributed by atoms with Gasteiger partial charge in [0.25, 0.3) is 10.0 Å². The summed E-state index contributed by atoms with van der Waals surface area (Å²) in [6, 6.07) is 37.2. The van der Waals surface area contributed by atoms with Crippen molar-refractivity contribution in [2.45, 2.75) is 10.9 Å². The van der Waals surface area contributed by atoms with Gasteiger partial charge in [0.2, 0.25) is 0 Å². The molecule has 0 saturated heterocycles. The number of hydrogen-bond donors (Lipinski definition) is 1. The van der Waals surface area contributed by atoms with Gasteiger partial charge in [0.15, 0.2) is 0 Å². The standard InChI is InChI=1S/C30H24N4O2S/c35-37(36,26-19-11-4-12-20-26)34-29(21-28(31-34)23-13-5-1-6-14-23)27-22-33(25-17-9-3-10-18-25)32-30(27)24-15-7-2-8-16-24/h1-22,29,31H/t29-/m1/s1. The van der Waals surface area contributed by atoms with Crippen LogP contribution in [-0.2, 0) is 10.0 Å². The van der Waals surface area contributed by atoms with Crippen LogP contribution < -0.4 is 5.43 Å². The molecule has 0 amide bonds. The minimum absolute atomic E-state index is 0.215. The molecular weight excluding hydrogens is 480 g/mol. The number of hydrogen-bond acceptors (Lipinski definition) is 4. The number of hydrazine groups is 1. The summed E-state index contributed by atoms with van der Waals surface area (Å²) in [5, 5.41) is 4.92. The molecule has 0 spiro atoms. The van der Waals surface area contributed by atoms with Crippen molar-refractivity contribution in [3.05, 3.63) is 145 Å². The Labute approximate surface area is 216 Å². The van der Waals surface area contributed by atoms with Gasteiger partial charge in [-0.25, -0.2) is 13.1 Å². The molecule has 7 heteroatoms. The molecule has 0 saturated carbocycles. The van der Waals surface area contributed by atoms with Crippen LogP contribution in [0.2, 0.25) is 0 Å². The lowest BCUT2D eigenvalue weighted by Crippen LogP contribution is -2.39. The van der Waals surface area contributed by atoms with E-state index in [4.69, 9.17) is 5.10 Å². The number of benzene rings is 4. The number of rotatable bonds is 6. The van der Waals surface area contributed by atoms with E-state index in [9.17, 15) is 8.42 Å². The SMILES string of the molecule is O=S(=O)(c1ccccc1)N1NC(c2ccccc2)=C[C@@H]1c1cn(-c2ccccc2)nc1-c1ccccc1. The quantitative estimate of drug-likeness (QED) is 0.316. The second-order valence-corrected chi connectivity index (χ2v) is 10.5. The van der Waals surface area contributed by atoms with Gasteiger partial charge in [-0.2, -0.15) is 5.10 Å². The van der Waals surface area contributed by atoms with Gasteiger partial charge in [-0.05, 0) is 35.9 Å². The number of para-hydroxylation sites is 1. The predicted octanol–water partition coefficient (Wildman–Crippen LogP) is 5.83. The maximum atomic E-state index is 13.9. The maximum Gasteiger partial charge on any atom is 0.260 e. The topological polar surface area (TPSA) is 67.2 Å². The number of nitrogens with zero attached hydrogens (tertiary/aromatic N) is 3. The third-order valence-corrected chi connectivity index (χ3v) is 8.03. The van der Waals surface area contributed by atoms with Crippen LogP contribution in [0.4, 0.5) is 0 Å². The molecule has 0 fully saturated rings. The molecule has 6 nitrogen and oxygen atoms in total. The molecular formula is C30H24N4O2S. The Hall–Kier alpha value is -4.46. The van der Waals surface area contributed by atoms with E-state index >= 15 is 0 Å². The van der Waals surface area contributed by atoms with Crippen molar-refractivity contribution in [3.63, 3.8) is 0 Å². The summed E-state index contributed by atoms with van der Waals surface area (Å²) in [6.45, 7) is 0. The summed E-state index contributed by atoms with van der Waals surface area (Å²) >= 11 is 0. The van der Waals surface area contributed by atoms with Gasteiger partial charge in [-0.3, -0.25) is 0 Å². The number of aromatic nitrogens is 2. The Bertz CT molecular complexity index is 1650. The summed E-state index contributed by atoms with van der Waals surface area (Å²) in [5.74, 6) is 0. The molecule has 5 aromatic rings. The van der Waals surface area contributed by atoms with Crippen molar-refractivity contribution in [1.82, 2.24) is 19.6 Å². The van der Waals surface area contributed by atoms with Crippen molar-refractivity contribution in [2.75, 3.05) is 0 Å². The number of nitrogens with one attached hydrogen (secondary N) is 1. The zero-order valence-corrected chi connectivity index (χ0v) is 20.7. The molecule has 0 unspecified atom stereocenters. The Balaban J connectivity index is 1.54. The van der Waals surface area contributed by atoms with E-state index in [2.05, 4.69) is 5.43 Å². The van der Waals surface area contributed by atoms with E-state index in [-0.39, 0.29) is 4.90 Å². The van der Waals surface area contributed by atoms with Crippen LogP contribution in [0.15, 0.2) is 138 Å². The smallest absolute Gasteiger partial charge is 0.260 e. The van der Waals surface area contributed by atoms with E-state index in [1.165, 1.54) is 4.41 Å². The minimum Gasteiger partial charge on any atom is -0.304 e. The molecule has 37 heavy (non-hydrogen) atoms. The van der Waals surface area contributed by atoms with Crippen molar-refractivity contribution in [2.24, 2.45) is 0 Å². The molecule has 182 valence electrons. The van der Waals surface area contributed by atoms with Gasteiger partial charge in [0, 0.05) is 17.3 Å². The van der Waals surface area contributed by atoms with Crippen molar-refractivity contribution in [1.29, 1.82) is 0 Å². The lowest BCUT2D eigenvalue weighted by molar-refractivity contribution is 0.348. The Kier molecular flexibility index (Phi) is 5.92. The summed E-state index contributed by atoms with van der Waals surface area (Å²) in [7, 11) is -3.90. The van der Waals surface area contributed by atoms with E-state index in [1.54, 1.807) is 35.0 Å². The average molecular weight is 505 g/mol. The molecule has 1 N–H and O–H groups in total. The molecule has 6 rings (SSSR count). The third kappa shape index (κ3) is 4.35. The highest BCUT2D eigenvalue weighted by atomic mass is 32.2. The first kappa shape index (κ1) is 23.0. The molecule has 0 radical (unpaired) electrons. The Morgan fingerprint density at radius 2 is 1.22 bits per heavy atom. The van der Waals surface area contributed by atoms with Gasteiger partial charge in [0.05, 0.1) is 28.0 Å². The monoisotopic (exact) mass is 504 g/mol. The highest BCUT2D eigenvalue weighted by Crippen LogP contribution is 2.39. The molecule has 4 aromatic carbocycles. The Morgan fingerprint density at radius 3 is 1.84 bits per heavy atom. The molecule has 1 aliphatic heterocycles. The van der Waals surface area contributed by atoms with Crippen LogP contribution in [0.3, 0.4) is 0 Å². The zero-order chi connectivity index (χ0) is 25.2. The highest BCUT2D eigenvalue weighted by molar-refractivity contribution is 7.89. The molecule has 0 bridgehead atoms. The van der Waals surface area contributed by atoms with Crippen molar-refractivity contribution in [3.8, 4) is 16.9 Å². The van der Waals surface area contributed by atoms with Crippen LogP contribution in [0.25, 0.3) is 22.6 Å². The van der Waals surface area contributed by atoms with Gasteiger partial charge in [-0.1, -0.05) is 97.1 Å². The lowest BCUT2D eigenvalue weighted by Gasteiger charge is -2.24. The van der Waals surface area contributed by atoms with Gasteiger partial charge in [0.1, 0.15) is 0 Å². The van der Waals surface area contributed by atoms with E-state index < -0.39 is 16.1 Å². The summed E-state index contributed by atoms with van der Waals surface area (Å²) in [4.78, 5) is 0.215.